The Morgan fingerprint density at radius 1 is 1.15 bits per heavy atom. The molecule has 7 nitrogen and oxygen atoms in total. The number of anilines is 1. The number of benzene rings is 1. The van der Waals surface area contributed by atoms with E-state index in [2.05, 4.69) is 10.3 Å². The summed E-state index contributed by atoms with van der Waals surface area (Å²) in [5.41, 5.74) is 1.33. The minimum atomic E-state index is -3.54. The van der Waals surface area contributed by atoms with E-state index in [0.29, 0.717) is 11.4 Å². The minimum Gasteiger partial charge on any atom is -0.491 e. The molecule has 0 fully saturated rings. The molecule has 0 bridgehead atoms. The van der Waals surface area contributed by atoms with Crippen LogP contribution in [0, 0.1) is 0 Å². The molecule has 0 atom stereocenters. The Labute approximate surface area is 154 Å². The fourth-order valence-electron chi connectivity index (χ4n) is 2.23. The molecule has 0 radical (unpaired) electrons. The third-order valence-corrected chi connectivity index (χ3v) is 4.60. The van der Waals surface area contributed by atoms with Crippen molar-refractivity contribution >= 4 is 21.6 Å². The highest BCUT2D eigenvalue weighted by Crippen LogP contribution is 2.17. The number of ether oxygens (including phenoxy) is 1. The lowest BCUT2D eigenvalue weighted by atomic mass is 10.2. The highest BCUT2D eigenvalue weighted by Gasteiger charge is 2.20. The average Bonchev–Trinajstić information content (AvgIpc) is 2.56. The molecule has 1 aromatic carbocycles. The van der Waals surface area contributed by atoms with E-state index in [9.17, 15) is 13.2 Å². The van der Waals surface area contributed by atoms with Crippen LogP contribution in [0.1, 0.15) is 19.4 Å². The van der Waals surface area contributed by atoms with Crippen molar-refractivity contribution in [1.82, 2.24) is 9.29 Å². The maximum absolute atomic E-state index is 12.3. The number of pyridine rings is 1. The molecule has 0 saturated carbocycles. The van der Waals surface area contributed by atoms with Crippen LogP contribution in [0.15, 0.2) is 48.8 Å². The highest BCUT2D eigenvalue weighted by molar-refractivity contribution is 7.88. The van der Waals surface area contributed by atoms with Crippen molar-refractivity contribution in [2.45, 2.75) is 26.5 Å². The summed E-state index contributed by atoms with van der Waals surface area (Å²) in [6, 6.07) is 10.3. The highest BCUT2D eigenvalue weighted by atomic mass is 32.2. The van der Waals surface area contributed by atoms with Crippen LogP contribution >= 0.6 is 0 Å². The Morgan fingerprint density at radius 2 is 1.77 bits per heavy atom. The molecule has 1 amide bonds. The molecular formula is C18H23N3O4S. The zero-order valence-corrected chi connectivity index (χ0v) is 15.9. The molecule has 0 aliphatic rings. The lowest BCUT2D eigenvalue weighted by Crippen LogP contribution is -2.36. The number of hydrogen-bond donors (Lipinski definition) is 1. The molecule has 0 saturated heterocycles. The van der Waals surface area contributed by atoms with Gasteiger partial charge in [-0.1, -0.05) is 0 Å². The summed E-state index contributed by atoms with van der Waals surface area (Å²) in [4.78, 5) is 16.2. The number of rotatable bonds is 8. The van der Waals surface area contributed by atoms with Crippen LogP contribution < -0.4 is 10.1 Å². The summed E-state index contributed by atoms with van der Waals surface area (Å²) < 4.78 is 30.6. The number of nitrogens with zero attached hydrogens (tertiary/aromatic N) is 2. The first kappa shape index (κ1) is 19.9. The van der Waals surface area contributed by atoms with Gasteiger partial charge in [0.1, 0.15) is 5.75 Å². The molecule has 0 aliphatic carbocycles. The standard InChI is InChI=1S/C18H23N3O4S/c1-14(2)25-17-6-4-16(5-7-17)20-18(22)13-21(26(3,23)24)12-15-8-10-19-11-9-15/h4-11,14H,12-13H2,1-3H3,(H,20,22). The van der Waals surface area contributed by atoms with Gasteiger partial charge in [-0.15, -0.1) is 0 Å². The van der Waals surface area contributed by atoms with Gasteiger partial charge < -0.3 is 10.1 Å². The van der Waals surface area contributed by atoms with Crippen molar-refractivity contribution in [1.29, 1.82) is 0 Å². The summed E-state index contributed by atoms with van der Waals surface area (Å²) >= 11 is 0. The molecule has 0 aliphatic heterocycles. The minimum absolute atomic E-state index is 0.0620. The normalized spacial score (nSPS) is 11.6. The number of amides is 1. The Hall–Kier alpha value is -2.45. The van der Waals surface area contributed by atoms with E-state index < -0.39 is 15.9 Å². The molecule has 26 heavy (non-hydrogen) atoms. The number of carbonyl (C=O) groups excluding carboxylic acids is 1. The zero-order valence-electron chi connectivity index (χ0n) is 15.0. The second kappa shape index (κ2) is 8.77. The Kier molecular flexibility index (Phi) is 6.70. The van der Waals surface area contributed by atoms with E-state index in [-0.39, 0.29) is 19.2 Å². The predicted molar refractivity (Wildman–Crippen MR) is 100 cm³/mol. The molecule has 0 unspecified atom stereocenters. The summed E-state index contributed by atoms with van der Waals surface area (Å²) in [6.45, 7) is 3.69. The number of nitrogens with one attached hydrogen (secondary N) is 1. The van der Waals surface area contributed by atoms with Crippen molar-refractivity contribution in [2.24, 2.45) is 0 Å². The zero-order chi connectivity index (χ0) is 19.2. The van der Waals surface area contributed by atoms with Crippen LogP contribution in [0.2, 0.25) is 0 Å². The smallest absolute Gasteiger partial charge is 0.239 e. The van der Waals surface area contributed by atoms with Crippen LogP contribution in [0.4, 0.5) is 5.69 Å². The quantitative estimate of drug-likeness (QED) is 0.762. The second-order valence-corrected chi connectivity index (χ2v) is 8.11. The third-order valence-electron chi connectivity index (χ3n) is 3.41. The SMILES string of the molecule is CC(C)Oc1ccc(NC(=O)CN(Cc2ccncc2)S(C)(=O)=O)cc1. The van der Waals surface area contributed by atoms with Crippen LogP contribution in [-0.4, -0.2) is 42.5 Å². The lowest BCUT2D eigenvalue weighted by molar-refractivity contribution is -0.116. The van der Waals surface area contributed by atoms with E-state index >= 15 is 0 Å². The first-order chi connectivity index (χ1) is 12.2. The molecule has 0 spiro atoms. The van der Waals surface area contributed by atoms with Crippen LogP contribution in [0.3, 0.4) is 0 Å². The van der Waals surface area contributed by atoms with Gasteiger partial charge >= 0.3 is 0 Å². The monoisotopic (exact) mass is 377 g/mol. The Bertz CT molecular complexity index is 821. The molecule has 2 rings (SSSR count). The lowest BCUT2D eigenvalue weighted by Gasteiger charge is -2.19. The van der Waals surface area contributed by atoms with E-state index in [1.165, 1.54) is 0 Å². The van der Waals surface area contributed by atoms with E-state index in [4.69, 9.17) is 4.74 Å². The number of sulfonamides is 1. The van der Waals surface area contributed by atoms with Crippen molar-refractivity contribution in [3.8, 4) is 5.75 Å². The van der Waals surface area contributed by atoms with Crippen LogP contribution in [-0.2, 0) is 21.4 Å². The van der Waals surface area contributed by atoms with Gasteiger partial charge in [-0.3, -0.25) is 9.78 Å². The summed E-state index contributed by atoms with van der Waals surface area (Å²) in [5.74, 6) is 0.287. The van der Waals surface area contributed by atoms with Gasteiger partial charge in [0.25, 0.3) is 0 Å². The number of carbonyl (C=O) groups is 1. The topological polar surface area (TPSA) is 88.6 Å². The summed E-state index contributed by atoms with van der Waals surface area (Å²) in [5, 5.41) is 2.70. The van der Waals surface area contributed by atoms with Crippen LogP contribution in [0.25, 0.3) is 0 Å². The molecule has 140 valence electrons. The van der Waals surface area contributed by atoms with Crippen molar-refractivity contribution in [3.05, 3.63) is 54.4 Å². The van der Waals surface area contributed by atoms with Gasteiger partial charge in [0.2, 0.25) is 15.9 Å². The molecular weight excluding hydrogens is 354 g/mol. The molecule has 2 aromatic rings. The average molecular weight is 377 g/mol. The van der Waals surface area contributed by atoms with Gasteiger partial charge in [0.05, 0.1) is 18.9 Å². The first-order valence-corrected chi connectivity index (χ1v) is 9.99. The predicted octanol–water partition coefficient (Wildman–Crippen LogP) is 2.27. The van der Waals surface area contributed by atoms with Crippen LogP contribution in [0.5, 0.6) is 5.75 Å². The van der Waals surface area contributed by atoms with Crippen molar-refractivity contribution in [3.63, 3.8) is 0 Å². The number of aromatic nitrogens is 1. The molecule has 1 N–H and O–H groups in total. The Morgan fingerprint density at radius 3 is 2.31 bits per heavy atom. The van der Waals surface area contributed by atoms with Gasteiger partial charge in [0, 0.05) is 24.6 Å². The summed E-state index contributed by atoms with van der Waals surface area (Å²) in [7, 11) is -3.54. The van der Waals surface area contributed by atoms with Gasteiger partial charge in [0.15, 0.2) is 0 Å². The fourth-order valence-corrected chi connectivity index (χ4v) is 2.97. The third kappa shape index (κ3) is 6.45. The van der Waals surface area contributed by atoms with E-state index in [0.717, 1.165) is 16.1 Å². The maximum Gasteiger partial charge on any atom is 0.239 e. The van der Waals surface area contributed by atoms with E-state index in [1.54, 1.807) is 48.8 Å². The van der Waals surface area contributed by atoms with Crippen molar-refractivity contribution < 1.29 is 17.9 Å². The van der Waals surface area contributed by atoms with Gasteiger partial charge in [-0.2, -0.15) is 4.31 Å². The Balaban J connectivity index is 2.01. The number of hydrogen-bond acceptors (Lipinski definition) is 5. The van der Waals surface area contributed by atoms with Crippen molar-refractivity contribution in [2.75, 3.05) is 18.1 Å². The molecule has 1 heterocycles. The second-order valence-electron chi connectivity index (χ2n) is 6.13. The fraction of sp³-hybridized carbons (Fsp3) is 0.333. The first-order valence-electron chi connectivity index (χ1n) is 8.14. The largest absolute Gasteiger partial charge is 0.491 e. The maximum atomic E-state index is 12.3. The summed E-state index contributed by atoms with van der Waals surface area (Å²) in [6.07, 6.45) is 4.30. The molecule has 8 heteroatoms. The van der Waals surface area contributed by atoms with Gasteiger partial charge in [-0.25, -0.2) is 8.42 Å². The molecule has 1 aromatic heterocycles. The van der Waals surface area contributed by atoms with Gasteiger partial charge in [-0.05, 0) is 55.8 Å². The van der Waals surface area contributed by atoms with E-state index in [1.807, 2.05) is 13.8 Å².